The lowest BCUT2D eigenvalue weighted by molar-refractivity contribution is 0.543. The summed E-state index contributed by atoms with van der Waals surface area (Å²) in [5.41, 5.74) is -0.586. The molecule has 2 aromatic rings. The van der Waals surface area contributed by atoms with E-state index in [0.717, 1.165) is 16.5 Å². The van der Waals surface area contributed by atoms with Crippen LogP contribution in [-0.2, 0) is 6.54 Å². The van der Waals surface area contributed by atoms with Crippen molar-refractivity contribution in [3.05, 3.63) is 63.2 Å². The third-order valence-corrected chi connectivity index (χ3v) is 2.65. The minimum Gasteiger partial charge on any atom is -0.385 e. The summed E-state index contributed by atoms with van der Waals surface area (Å²) in [5, 5.41) is 3.18. The fraction of sp³-hybridized carbons (Fsp3) is 0.231. The first kappa shape index (κ1) is 13.1. The number of hydrogen-bond acceptors (Lipinski definition) is 3. The average molecular weight is 263 g/mol. The van der Waals surface area contributed by atoms with Crippen LogP contribution in [0.4, 0.5) is 10.1 Å². The molecule has 0 fully saturated rings. The lowest BCUT2D eigenvalue weighted by atomic mass is 10.3. The maximum atomic E-state index is 13.0. The van der Waals surface area contributed by atoms with Crippen LogP contribution in [0.3, 0.4) is 0 Å². The first-order valence-corrected chi connectivity index (χ1v) is 5.95. The van der Waals surface area contributed by atoms with Crippen LogP contribution in [0.5, 0.6) is 0 Å². The Morgan fingerprint density at radius 1 is 1.21 bits per heavy atom. The summed E-state index contributed by atoms with van der Waals surface area (Å²) in [6, 6.07) is 9.64. The van der Waals surface area contributed by atoms with Gasteiger partial charge in [-0.15, -0.1) is 0 Å². The van der Waals surface area contributed by atoms with E-state index in [9.17, 15) is 14.0 Å². The molecule has 0 saturated heterocycles. The zero-order chi connectivity index (χ0) is 13.7. The number of H-pyrrole nitrogens is 1. The number of aromatic nitrogens is 2. The number of benzene rings is 1. The van der Waals surface area contributed by atoms with Crippen LogP contribution in [0.15, 0.2) is 46.1 Å². The Bertz CT molecular complexity index is 649. The van der Waals surface area contributed by atoms with Crippen molar-refractivity contribution >= 4 is 5.69 Å². The number of aromatic amines is 1. The normalized spacial score (nSPS) is 10.4. The van der Waals surface area contributed by atoms with Crippen molar-refractivity contribution in [2.24, 2.45) is 0 Å². The van der Waals surface area contributed by atoms with E-state index >= 15 is 0 Å². The van der Waals surface area contributed by atoms with Crippen molar-refractivity contribution in [1.29, 1.82) is 0 Å². The predicted molar refractivity (Wildman–Crippen MR) is 70.8 cm³/mol. The quantitative estimate of drug-likeness (QED) is 0.796. The highest BCUT2D eigenvalue weighted by atomic mass is 19.1. The summed E-state index contributed by atoms with van der Waals surface area (Å²) in [6.45, 7) is 0.990. The molecule has 5 nitrogen and oxygen atoms in total. The zero-order valence-electron chi connectivity index (χ0n) is 10.2. The second-order valence-electron chi connectivity index (χ2n) is 4.08. The van der Waals surface area contributed by atoms with Crippen molar-refractivity contribution in [2.45, 2.75) is 13.0 Å². The molecule has 100 valence electrons. The molecule has 0 bridgehead atoms. The van der Waals surface area contributed by atoms with Gasteiger partial charge in [-0.3, -0.25) is 14.3 Å². The Morgan fingerprint density at radius 2 is 1.95 bits per heavy atom. The van der Waals surface area contributed by atoms with Gasteiger partial charge in [-0.1, -0.05) is 18.2 Å². The van der Waals surface area contributed by atoms with E-state index in [2.05, 4.69) is 5.32 Å². The molecule has 0 spiro atoms. The molecular formula is C13H14FN3O2. The van der Waals surface area contributed by atoms with Gasteiger partial charge < -0.3 is 5.32 Å². The number of halogens is 1. The third kappa shape index (κ3) is 3.54. The molecule has 1 aromatic heterocycles. The maximum Gasteiger partial charge on any atom is 0.328 e. The van der Waals surface area contributed by atoms with Crippen LogP contribution in [0.1, 0.15) is 6.42 Å². The van der Waals surface area contributed by atoms with Gasteiger partial charge in [0.2, 0.25) is 5.82 Å². The van der Waals surface area contributed by atoms with E-state index in [-0.39, 0.29) is 0 Å². The molecule has 0 amide bonds. The fourth-order valence-corrected chi connectivity index (χ4v) is 1.69. The zero-order valence-corrected chi connectivity index (χ0v) is 10.2. The SMILES string of the molecule is O=c1[nH]c(=O)n(CCCNc2ccccc2)cc1F. The summed E-state index contributed by atoms with van der Waals surface area (Å²) >= 11 is 0. The van der Waals surface area contributed by atoms with Crippen LogP contribution in [-0.4, -0.2) is 16.1 Å². The molecule has 0 aliphatic rings. The summed E-state index contributed by atoms with van der Waals surface area (Å²) in [6.07, 6.45) is 1.57. The number of anilines is 1. The van der Waals surface area contributed by atoms with Gasteiger partial charge in [-0.25, -0.2) is 4.79 Å². The minimum atomic E-state index is -0.983. The number of hydrogen-bond donors (Lipinski definition) is 2. The highest BCUT2D eigenvalue weighted by Crippen LogP contribution is 2.04. The van der Waals surface area contributed by atoms with Crippen LogP contribution in [0.2, 0.25) is 0 Å². The molecule has 0 aliphatic heterocycles. The molecule has 1 heterocycles. The number of nitrogens with one attached hydrogen (secondary N) is 2. The van der Waals surface area contributed by atoms with Gasteiger partial charge in [0.1, 0.15) is 0 Å². The van der Waals surface area contributed by atoms with Gasteiger partial charge in [0.15, 0.2) is 0 Å². The average Bonchev–Trinajstić information content (AvgIpc) is 2.41. The Morgan fingerprint density at radius 3 is 2.68 bits per heavy atom. The summed E-state index contributed by atoms with van der Waals surface area (Å²) < 4.78 is 14.2. The van der Waals surface area contributed by atoms with Gasteiger partial charge in [0.05, 0.1) is 6.20 Å². The molecule has 0 saturated carbocycles. The van der Waals surface area contributed by atoms with Gasteiger partial charge in [0.25, 0.3) is 5.56 Å². The van der Waals surface area contributed by atoms with Gasteiger partial charge >= 0.3 is 5.69 Å². The van der Waals surface area contributed by atoms with Crippen molar-refractivity contribution < 1.29 is 4.39 Å². The topological polar surface area (TPSA) is 66.9 Å². The molecule has 0 atom stereocenters. The molecule has 1 aromatic carbocycles. The number of nitrogens with zero attached hydrogens (tertiary/aromatic N) is 1. The summed E-state index contributed by atoms with van der Waals surface area (Å²) in [7, 11) is 0. The highest BCUT2D eigenvalue weighted by molar-refractivity contribution is 5.42. The van der Waals surface area contributed by atoms with Crippen LogP contribution >= 0.6 is 0 Å². The van der Waals surface area contributed by atoms with Gasteiger partial charge in [0, 0.05) is 18.8 Å². The third-order valence-electron chi connectivity index (χ3n) is 2.65. The van der Waals surface area contributed by atoms with Crippen LogP contribution in [0.25, 0.3) is 0 Å². The van der Waals surface area contributed by atoms with E-state index < -0.39 is 17.1 Å². The first-order chi connectivity index (χ1) is 9.16. The van der Waals surface area contributed by atoms with Gasteiger partial charge in [-0.05, 0) is 18.6 Å². The molecule has 0 aliphatic carbocycles. The van der Waals surface area contributed by atoms with Crippen molar-refractivity contribution in [1.82, 2.24) is 9.55 Å². The Hall–Kier alpha value is -2.37. The standard InChI is InChI=1S/C13H14FN3O2/c14-11-9-17(13(19)16-12(11)18)8-4-7-15-10-5-2-1-3-6-10/h1-3,5-6,9,15H,4,7-8H2,(H,16,18,19). The second-order valence-corrected chi connectivity index (χ2v) is 4.08. The highest BCUT2D eigenvalue weighted by Gasteiger charge is 2.02. The Kier molecular flexibility index (Phi) is 4.12. The van der Waals surface area contributed by atoms with E-state index in [4.69, 9.17) is 0 Å². The number of aryl methyl sites for hydroxylation is 1. The first-order valence-electron chi connectivity index (χ1n) is 5.95. The lowest BCUT2D eigenvalue weighted by Gasteiger charge is -2.07. The molecule has 2 N–H and O–H groups in total. The van der Waals surface area contributed by atoms with Crippen molar-refractivity contribution in [3.63, 3.8) is 0 Å². The van der Waals surface area contributed by atoms with E-state index in [1.165, 1.54) is 0 Å². The minimum absolute atomic E-state index is 0.340. The monoisotopic (exact) mass is 263 g/mol. The summed E-state index contributed by atoms with van der Waals surface area (Å²) in [4.78, 5) is 24.1. The molecule has 0 radical (unpaired) electrons. The molecule has 2 rings (SSSR count). The predicted octanol–water partition coefficient (Wildman–Crippen LogP) is 1.18. The number of rotatable bonds is 5. The summed E-state index contributed by atoms with van der Waals surface area (Å²) in [5.74, 6) is -0.949. The van der Waals surface area contributed by atoms with Gasteiger partial charge in [-0.2, -0.15) is 4.39 Å². The van der Waals surface area contributed by atoms with E-state index in [1.807, 2.05) is 35.3 Å². The molecule has 19 heavy (non-hydrogen) atoms. The number of para-hydroxylation sites is 1. The van der Waals surface area contributed by atoms with Crippen LogP contribution < -0.4 is 16.6 Å². The van der Waals surface area contributed by atoms with Crippen molar-refractivity contribution in [2.75, 3.05) is 11.9 Å². The molecule has 6 heteroatoms. The molecule has 0 unspecified atom stereocenters. The second kappa shape index (κ2) is 5.99. The van der Waals surface area contributed by atoms with Crippen LogP contribution in [0, 0.1) is 5.82 Å². The molecular weight excluding hydrogens is 249 g/mol. The van der Waals surface area contributed by atoms with Crippen molar-refractivity contribution in [3.8, 4) is 0 Å². The van der Waals surface area contributed by atoms with E-state index in [1.54, 1.807) is 0 Å². The largest absolute Gasteiger partial charge is 0.385 e. The Labute approximate surface area is 108 Å². The fourth-order valence-electron chi connectivity index (χ4n) is 1.69. The maximum absolute atomic E-state index is 13.0. The lowest BCUT2D eigenvalue weighted by Crippen LogP contribution is -2.31. The smallest absolute Gasteiger partial charge is 0.328 e. The van der Waals surface area contributed by atoms with E-state index in [0.29, 0.717) is 19.5 Å². The Balaban J connectivity index is 1.88.